The number of alkyl carbamates (subject to hydrolysis) is 1. The second kappa shape index (κ2) is 11.0. The summed E-state index contributed by atoms with van der Waals surface area (Å²) < 4.78 is 54.7. The standard InChI is InChI=1S/C31H32FN3O5S/c1-31(2,3)40-30(36)34-22-13-10-20(11-14-22)27-19-26-24(25-18-21(32)12-15-28(25)39-4)16-17-33-29(26)35(27)41(37,38)23-8-6-5-7-9-23/h5-10,12,15-19,22H,11,13-14H2,1-4H3,(H,34,36). The van der Waals surface area contributed by atoms with Crippen molar-refractivity contribution in [2.45, 2.75) is 56.6 Å². The van der Waals surface area contributed by atoms with Gasteiger partial charge in [0.2, 0.25) is 0 Å². The van der Waals surface area contributed by atoms with Crippen molar-refractivity contribution in [2.75, 3.05) is 7.11 Å². The van der Waals surface area contributed by atoms with E-state index in [1.54, 1.807) is 63.2 Å². The van der Waals surface area contributed by atoms with E-state index in [9.17, 15) is 17.6 Å². The van der Waals surface area contributed by atoms with Crippen LogP contribution in [0.15, 0.2) is 77.8 Å². The van der Waals surface area contributed by atoms with E-state index in [4.69, 9.17) is 9.47 Å². The van der Waals surface area contributed by atoms with Crippen molar-refractivity contribution in [2.24, 2.45) is 0 Å². The number of methoxy groups -OCH3 is 1. The van der Waals surface area contributed by atoms with Crippen LogP contribution in [0.25, 0.3) is 27.7 Å². The van der Waals surface area contributed by atoms with Gasteiger partial charge >= 0.3 is 6.09 Å². The van der Waals surface area contributed by atoms with Crippen molar-refractivity contribution < 1.29 is 27.1 Å². The molecule has 1 amide bonds. The lowest BCUT2D eigenvalue weighted by molar-refractivity contribution is 0.0502. The monoisotopic (exact) mass is 577 g/mol. The molecule has 1 N–H and O–H groups in total. The van der Waals surface area contributed by atoms with Gasteiger partial charge in [-0.15, -0.1) is 0 Å². The fraction of sp³-hybridized carbons (Fsp3) is 0.290. The fourth-order valence-corrected chi connectivity index (χ4v) is 6.55. The number of carbonyl (C=O) groups is 1. The van der Waals surface area contributed by atoms with Gasteiger partial charge in [-0.2, -0.15) is 0 Å². The Balaban J connectivity index is 1.64. The number of pyridine rings is 1. The van der Waals surface area contributed by atoms with Crippen molar-refractivity contribution >= 4 is 32.7 Å². The Labute approximate surface area is 238 Å². The first-order valence-corrected chi connectivity index (χ1v) is 14.8. The highest BCUT2D eigenvalue weighted by Crippen LogP contribution is 2.40. The lowest BCUT2D eigenvalue weighted by Crippen LogP contribution is -2.39. The molecule has 1 atom stereocenters. The molecule has 0 aliphatic heterocycles. The molecule has 1 aliphatic rings. The van der Waals surface area contributed by atoms with Gasteiger partial charge in [-0.25, -0.2) is 26.6 Å². The zero-order chi connectivity index (χ0) is 29.4. The summed E-state index contributed by atoms with van der Waals surface area (Å²) in [6.45, 7) is 5.41. The minimum atomic E-state index is -4.06. The topological polar surface area (TPSA) is 99.5 Å². The first-order valence-electron chi connectivity index (χ1n) is 13.3. The maximum atomic E-state index is 14.4. The van der Waals surface area contributed by atoms with Crippen molar-refractivity contribution in [1.29, 1.82) is 0 Å². The van der Waals surface area contributed by atoms with Crippen molar-refractivity contribution in [1.82, 2.24) is 14.3 Å². The summed E-state index contributed by atoms with van der Waals surface area (Å²) >= 11 is 0. The molecular weight excluding hydrogens is 545 g/mol. The summed E-state index contributed by atoms with van der Waals surface area (Å²) in [6, 6.07) is 15.7. The number of ether oxygens (including phenoxy) is 2. The van der Waals surface area contributed by atoms with E-state index in [-0.39, 0.29) is 16.6 Å². The third kappa shape index (κ3) is 5.83. The average molecular weight is 578 g/mol. The largest absolute Gasteiger partial charge is 0.496 e. The van der Waals surface area contributed by atoms with E-state index in [1.807, 2.05) is 6.08 Å². The molecule has 2 aromatic carbocycles. The van der Waals surface area contributed by atoms with Crippen molar-refractivity contribution in [3.63, 3.8) is 0 Å². The molecule has 1 unspecified atom stereocenters. The smallest absolute Gasteiger partial charge is 0.407 e. The predicted octanol–water partition coefficient (Wildman–Crippen LogP) is 6.55. The summed E-state index contributed by atoms with van der Waals surface area (Å²) in [5, 5.41) is 3.44. The number of allylic oxidation sites excluding steroid dienone is 1. The molecule has 0 fully saturated rings. The molecule has 2 heterocycles. The summed E-state index contributed by atoms with van der Waals surface area (Å²) in [5.41, 5.74) is 1.97. The molecule has 8 nitrogen and oxygen atoms in total. The number of nitrogens with one attached hydrogen (secondary N) is 1. The molecule has 0 saturated heterocycles. The van der Waals surface area contributed by atoms with Crippen LogP contribution in [-0.4, -0.2) is 42.2 Å². The van der Waals surface area contributed by atoms with Crippen molar-refractivity contribution in [3.05, 3.63) is 84.4 Å². The zero-order valence-electron chi connectivity index (χ0n) is 23.3. The van der Waals surface area contributed by atoms with Gasteiger partial charge < -0.3 is 14.8 Å². The van der Waals surface area contributed by atoms with Crippen LogP contribution >= 0.6 is 0 Å². The Morgan fingerprint density at radius 1 is 1.07 bits per heavy atom. The summed E-state index contributed by atoms with van der Waals surface area (Å²) in [7, 11) is -2.56. The molecule has 0 radical (unpaired) electrons. The van der Waals surface area contributed by atoms with Gasteiger partial charge in [-0.1, -0.05) is 24.3 Å². The highest BCUT2D eigenvalue weighted by atomic mass is 32.2. The number of aromatic nitrogens is 2. The number of hydrogen-bond donors (Lipinski definition) is 1. The molecule has 4 aromatic rings. The quantitative estimate of drug-likeness (QED) is 0.279. The molecule has 214 valence electrons. The highest BCUT2D eigenvalue weighted by Gasteiger charge is 2.29. The minimum absolute atomic E-state index is 0.121. The molecule has 2 aromatic heterocycles. The third-order valence-corrected chi connectivity index (χ3v) is 8.57. The van der Waals surface area contributed by atoms with E-state index in [0.29, 0.717) is 47.2 Å². The molecule has 1 aliphatic carbocycles. The maximum absolute atomic E-state index is 14.4. The van der Waals surface area contributed by atoms with Crippen molar-refractivity contribution in [3.8, 4) is 16.9 Å². The molecular formula is C31H32FN3O5S. The normalized spacial score (nSPS) is 15.8. The van der Waals surface area contributed by atoms with E-state index in [2.05, 4.69) is 10.3 Å². The second-order valence-corrected chi connectivity index (χ2v) is 12.7. The number of benzene rings is 2. The number of rotatable bonds is 6. The van der Waals surface area contributed by atoms with E-state index < -0.39 is 27.5 Å². The lowest BCUT2D eigenvalue weighted by Gasteiger charge is -2.26. The lowest BCUT2D eigenvalue weighted by atomic mass is 9.93. The molecule has 0 bridgehead atoms. The Morgan fingerprint density at radius 3 is 2.49 bits per heavy atom. The molecule has 5 rings (SSSR count). The Bertz CT molecular complexity index is 1740. The second-order valence-electron chi connectivity index (χ2n) is 10.9. The zero-order valence-corrected chi connectivity index (χ0v) is 24.2. The first kappa shape index (κ1) is 28.4. The Kier molecular flexibility index (Phi) is 7.61. The number of hydrogen-bond acceptors (Lipinski definition) is 6. The van der Waals surface area contributed by atoms with Gasteiger partial charge in [0.1, 0.15) is 17.2 Å². The fourth-order valence-electron chi connectivity index (χ4n) is 5.04. The van der Waals surface area contributed by atoms with E-state index in [0.717, 1.165) is 5.57 Å². The van der Waals surface area contributed by atoms with E-state index in [1.165, 1.54) is 35.5 Å². The number of carbonyl (C=O) groups excluding carboxylic acids is 1. The van der Waals surface area contributed by atoms with Crippen LogP contribution in [0.2, 0.25) is 0 Å². The minimum Gasteiger partial charge on any atom is -0.496 e. The van der Waals surface area contributed by atoms with Gasteiger partial charge in [0.25, 0.3) is 10.0 Å². The van der Waals surface area contributed by atoms with Crippen LogP contribution in [0.4, 0.5) is 9.18 Å². The Hall–Kier alpha value is -4.18. The van der Waals surface area contributed by atoms with Gasteiger partial charge in [0.05, 0.1) is 17.7 Å². The van der Waals surface area contributed by atoms with Crippen LogP contribution in [-0.2, 0) is 14.8 Å². The van der Waals surface area contributed by atoms with Crippen LogP contribution < -0.4 is 10.1 Å². The van der Waals surface area contributed by atoms with Crippen LogP contribution in [0.3, 0.4) is 0 Å². The van der Waals surface area contributed by atoms with Gasteiger partial charge in [-0.05, 0) is 93.6 Å². The van der Waals surface area contributed by atoms with Gasteiger partial charge in [0, 0.05) is 23.2 Å². The van der Waals surface area contributed by atoms with Crippen LogP contribution in [0.5, 0.6) is 5.75 Å². The molecule has 0 spiro atoms. The summed E-state index contributed by atoms with van der Waals surface area (Å²) in [4.78, 5) is 16.9. The number of amides is 1. The SMILES string of the molecule is COc1ccc(F)cc1-c1ccnc2c1cc(C1=CCC(NC(=O)OC(C)(C)C)CC1)n2S(=O)(=O)c1ccccc1. The molecule has 0 saturated carbocycles. The Morgan fingerprint density at radius 2 is 1.83 bits per heavy atom. The number of halogens is 1. The number of nitrogens with zero attached hydrogens (tertiary/aromatic N) is 2. The van der Waals surface area contributed by atoms with Gasteiger partial charge in [-0.3, -0.25) is 0 Å². The number of fused-ring (bicyclic) bond motifs is 1. The van der Waals surface area contributed by atoms with Gasteiger partial charge in [0.15, 0.2) is 5.65 Å². The molecule has 10 heteroatoms. The third-order valence-electron chi connectivity index (χ3n) is 6.86. The summed E-state index contributed by atoms with van der Waals surface area (Å²) in [6.07, 6.45) is 4.57. The van der Waals surface area contributed by atoms with Crippen LogP contribution in [0.1, 0.15) is 45.7 Å². The maximum Gasteiger partial charge on any atom is 0.407 e. The first-order chi connectivity index (χ1) is 19.5. The molecule has 41 heavy (non-hydrogen) atoms. The highest BCUT2D eigenvalue weighted by molar-refractivity contribution is 7.90. The predicted molar refractivity (Wildman–Crippen MR) is 156 cm³/mol. The van der Waals surface area contributed by atoms with E-state index >= 15 is 0 Å². The average Bonchev–Trinajstić information content (AvgIpc) is 3.33. The van der Waals surface area contributed by atoms with Crippen LogP contribution in [0, 0.1) is 5.82 Å². The summed E-state index contributed by atoms with van der Waals surface area (Å²) in [5.74, 6) is 0.00732.